The maximum Gasteiger partial charge on any atom is 0.254 e. The summed E-state index contributed by atoms with van der Waals surface area (Å²) in [6.45, 7) is 3.93. The summed E-state index contributed by atoms with van der Waals surface area (Å²) in [6.07, 6.45) is 0. The number of aryl methyl sites for hydroxylation is 1. The van der Waals surface area contributed by atoms with Crippen LogP contribution in [0.15, 0.2) is 48.5 Å². The molecule has 2 aromatic rings. The zero-order valence-corrected chi connectivity index (χ0v) is 14.1. The van der Waals surface area contributed by atoms with Crippen molar-refractivity contribution in [2.75, 3.05) is 26.2 Å². The zero-order valence-electron chi connectivity index (χ0n) is 14.1. The number of carbonyl (C=O) groups is 2. The van der Waals surface area contributed by atoms with E-state index in [1.165, 1.54) is 0 Å². The van der Waals surface area contributed by atoms with Gasteiger partial charge in [0.15, 0.2) is 0 Å². The molecule has 0 atom stereocenters. The van der Waals surface area contributed by atoms with Crippen molar-refractivity contribution in [1.82, 2.24) is 9.80 Å². The van der Waals surface area contributed by atoms with Gasteiger partial charge in [0, 0.05) is 37.3 Å². The quantitative estimate of drug-likeness (QED) is 0.848. The highest BCUT2D eigenvalue weighted by Gasteiger charge is 2.26. The number of piperazine rings is 1. The van der Waals surface area contributed by atoms with E-state index in [1.807, 2.05) is 37.3 Å². The van der Waals surface area contributed by atoms with Crippen LogP contribution in [0.1, 0.15) is 31.8 Å². The number of nitriles is 1. The van der Waals surface area contributed by atoms with Crippen LogP contribution in [0.25, 0.3) is 0 Å². The molecule has 1 fully saturated rings. The van der Waals surface area contributed by atoms with Gasteiger partial charge in [-0.2, -0.15) is 5.26 Å². The van der Waals surface area contributed by atoms with E-state index in [1.54, 1.807) is 34.1 Å². The van der Waals surface area contributed by atoms with E-state index < -0.39 is 0 Å². The molecule has 0 N–H and O–H groups in total. The number of hydrogen-bond donors (Lipinski definition) is 0. The second-order valence-electron chi connectivity index (χ2n) is 6.09. The molecule has 126 valence electrons. The number of benzene rings is 2. The largest absolute Gasteiger partial charge is 0.335 e. The van der Waals surface area contributed by atoms with Gasteiger partial charge >= 0.3 is 0 Å². The molecule has 0 aromatic heterocycles. The predicted molar refractivity (Wildman–Crippen MR) is 94.1 cm³/mol. The molecule has 25 heavy (non-hydrogen) atoms. The molecule has 0 unspecified atom stereocenters. The first-order valence-electron chi connectivity index (χ1n) is 8.24. The summed E-state index contributed by atoms with van der Waals surface area (Å²) >= 11 is 0. The lowest BCUT2D eigenvalue weighted by molar-refractivity contribution is 0.0535. The molecule has 2 amide bonds. The summed E-state index contributed by atoms with van der Waals surface area (Å²) in [4.78, 5) is 28.7. The smallest absolute Gasteiger partial charge is 0.254 e. The summed E-state index contributed by atoms with van der Waals surface area (Å²) in [5, 5.41) is 8.96. The Morgan fingerprint density at radius 2 is 1.56 bits per heavy atom. The van der Waals surface area contributed by atoms with E-state index in [9.17, 15) is 9.59 Å². The lowest BCUT2D eigenvalue weighted by atomic mass is 10.1. The average Bonchev–Trinajstić information content (AvgIpc) is 2.67. The Morgan fingerprint density at radius 1 is 0.920 bits per heavy atom. The molecule has 0 aliphatic carbocycles. The third-order valence-corrected chi connectivity index (χ3v) is 4.47. The molecule has 0 saturated carbocycles. The van der Waals surface area contributed by atoms with Crippen LogP contribution in [0.3, 0.4) is 0 Å². The van der Waals surface area contributed by atoms with E-state index in [0.717, 1.165) is 5.56 Å². The normalized spacial score (nSPS) is 14.1. The van der Waals surface area contributed by atoms with Crippen molar-refractivity contribution in [3.8, 4) is 6.07 Å². The molecule has 1 aliphatic rings. The van der Waals surface area contributed by atoms with Gasteiger partial charge in [-0.25, -0.2) is 0 Å². The van der Waals surface area contributed by atoms with E-state index in [-0.39, 0.29) is 11.8 Å². The highest BCUT2D eigenvalue weighted by molar-refractivity contribution is 5.97. The lowest BCUT2D eigenvalue weighted by Gasteiger charge is -2.35. The summed E-state index contributed by atoms with van der Waals surface area (Å²) in [7, 11) is 0. The van der Waals surface area contributed by atoms with Gasteiger partial charge in [0.05, 0.1) is 11.6 Å². The Bertz CT molecular complexity index is 846. The summed E-state index contributed by atoms with van der Waals surface area (Å²) < 4.78 is 0. The van der Waals surface area contributed by atoms with E-state index in [0.29, 0.717) is 42.9 Å². The van der Waals surface area contributed by atoms with Gasteiger partial charge in [-0.3, -0.25) is 9.59 Å². The molecule has 5 heteroatoms. The van der Waals surface area contributed by atoms with Crippen molar-refractivity contribution in [3.05, 3.63) is 70.8 Å². The van der Waals surface area contributed by atoms with E-state index >= 15 is 0 Å². The molecule has 1 aliphatic heterocycles. The SMILES string of the molecule is Cc1ccccc1C(=O)N1CCN(C(=O)c2cccc(C#N)c2)CC1. The first kappa shape index (κ1) is 16.7. The third kappa shape index (κ3) is 3.53. The first-order chi connectivity index (χ1) is 12.1. The van der Waals surface area contributed by atoms with Crippen LogP contribution in [0.2, 0.25) is 0 Å². The number of hydrogen-bond acceptors (Lipinski definition) is 3. The monoisotopic (exact) mass is 333 g/mol. The Labute approximate surface area is 147 Å². The van der Waals surface area contributed by atoms with Gasteiger partial charge in [-0.15, -0.1) is 0 Å². The van der Waals surface area contributed by atoms with Crippen LogP contribution in [0.5, 0.6) is 0 Å². The van der Waals surface area contributed by atoms with E-state index in [4.69, 9.17) is 5.26 Å². The second kappa shape index (κ2) is 7.18. The second-order valence-corrected chi connectivity index (χ2v) is 6.09. The minimum Gasteiger partial charge on any atom is -0.335 e. The van der Waals surface area contributed by atoms with Crippen molar-refractivity contribution in [2.45, 2.75) is 6.92 Å². The van der Waals surface area contributed by atoms with Crippen LogP contribution >= 0.6 is 0 Å². The van der Waals surface area contributed by atoms with Crippen LogP contribution in [0.4, 0.5) is 0 Å². The maximum atomic E-state index is 12.6. The average molecular weight is 333 g/mol. The minimum atomic E-state index is -0.0971. The molecule has 3 rings (SSSR count). The molecule has 2 aromatic carbocycles. The fourth-order valence-electron chi connectivity index (χ4n) is 3.00. The summed E-state index contributed by atoms with van der Waals surface area (Å²) in [6, 6.07) is 16.3. The van der Waals surface area contributed by atoms with Gasteiger partial charge < -0.3 is 9.80 Å². The molecule has 0 bridgehead atoms. The number of amides is 2. The fourth-order valence-corrected chi connectivity index (χ4v) is 3.00. The zero-order chi connectivity index (χ0) is 17.8. The topological polar surface area (TPSA) is 64.4 Å². The summed E-state index contributed by atoms with van der Waals surface area (Å²) in [5.41, 5.74) is 2.65. The minimum absolute atomic E-state index is 0.0108. The molecular weight excluding hydrogens is 314 g/mol. The third-order valence-electron chi connectivity index (χ3n) is 4.47. The highest BCUT2D eigenvalue weighted by Crippen LogP contribution is 2.15. The molecule has 0 spiro atoms. The van der Waals surface area contributed by atoms with Crippen molar-refractivity contribution in [2.24, 2.45) is 0 Å². The Hall–Kier alpha value is -3.13. The van der Waals surface area contributed by atoms with Crippen LogP contribution in [-0.2, 0) is 0 Å². The number of carbonyl (C=O) groups excluding carboxylic acids is 2. The van der Waals surface area contributed by atoms with Crippen molar-refractivity contribution in [3.63, 3.8) is 0 Å². The number of rotatable bonds is 2. The Morgan fingerprint density at radius 3 is 2.20 bits per heavy atom. The van der Waals surface area contributed by atoms with Gasteiger partial charge in [0.25, 0.3) is 11.8 Å². The molecule has 1 heterocycles. The van der Waals surface area contributed by atoms with E-state index in [2.05, 4.69) is 0 Å². The molecule has 0 radical (unpaired) electrons. The first-order valence-corrected chi connectivity index (χ1v) is 8.24. The Kier molecular flexibility index (Phi) is 4.80. The molecular formula is C20H19N3O2. The standard InChI is InChI=1S/C20H19N3O2/c1-15-5-2-3-8-18(15)20(25)23-11-9-22(10-12-23)19(24)17-7-4-6-16(13-17)14-21/h2-8,13H,9-12H2,1H3. The van der Waals surface area contributed by atoms with Gasteiger partial charge in [-0.05, 0) is 36.8 Å². The number of nitrogens with zero attached hydrogens (tertiary/aromatic N) is 3. The van der Waals surface area contributed by atoms with Crippen molar-refractivity contribution in [1.29, 1.82) is 5.26 Å². The van der Waals surface area contributed by atoms with Crippen molar-refractivity contribution < 1.29 is 9.59 Å². The van der Waals surface area contributed by atoms with Gasteiger partial charge in [0.2, 0.25) is 0 Å². The highest BCUT2D eigenvalue weighted by atomic mass is 16.2. The van der Waals surface area contributed by atoms with Crippen LogP contribution in [-0.4, -0.2) is 47.8 Å². The van der Waals surface area contributed by atoms with Gasteiger partial charge in [0.1, 0.15) is 0 Å². The summed E-state index contributed by atoms with van der Waals surface area (Å²) in [5.74, 6) is -0.0863. The fraction of sp³-hybridized carbons (Fsp3) is 0.250. The van der Waals surface area contributed by atoms with Crippen LogP contribution in [0, 0.1) is 18.3 Å². The Balaban J connectivity index is 1.65. The lowest BCUT2D eigenvalue weighted by Crippen LogP contribution is -2.50. The predicted octanol–water partition coefficient (Wildman–Crippen LogP) is 2.46. The maximum absolute atomic E-state index is 12.6. The molecule has 5 nitrogen and oxygen atoms in total. The van der Waals surface area contributed by atoms with Crippen molar-refractivity contribution >= 4 is 11.8 Å². The molecule has 1 saturated heterocycles. The van der Waals surface area contributed by atoms with Crippen LogP contribution < -0.4 is 0 Å². The van der Waals surface area contributed by atoms with Gasteiger partial charge in [-0.1, -0.05) is 24.3 Å².